The van der Waals surface area contributed by atoms with Crippen LogP contribution in [0.2, 0.25) is 0 Å². The summed E-state index contributed by atoms with van der Waals surface area (Å²) < 4.78 is 27.7. The molecule has 0 saturated heterocycles. The molecule has 1 amide bonds. The van der Waals surface area contributed by atoms with E-state index in [4.69, 9.17) is 9.88 Å². The van der Waals surface area contributed by atoms with Crippen molar-refractivity contribution in [1.29, 1.82) is 0 Å². The van der Waals surface area contributed by atoms with Crippen molar-refractivity contribution >= 4 is 44.1 Å². The third-order valence-electron chi connectivity index (χ3n) is 4.10. The number of nitrogens with two attached hydrogens (primary N) is 1. The first-order chi connectivity index (χ1) is 14.7. The van der Waals surface area contributed by atoms with Crippen molar-refractivity contribution in [3.63, 3.8) is 0 Å². The molecule has 1 atom stereocenters. The van der Waals surface area contributed by atoms with Gasteiger partial charge in [-0.25, -0.2) is 23.3 Å². The molecule has 3 aromatic rings. The molecule has 9 nitrogen and oxygen atoms in total. The SMILES string of the molecule is CC(OC(=O)c1csc(NCc2ccccc2)n1)C(=O)Nc1ccc(S(N)(=O)=O)cc1. The second-order valence-corrected chi connectivity index (χ2v) is 8.90. The molecule has 0 aliphatic heterocycles. The first-order valence-corrected chi connectivity index (χ1v) is 11.5. The molecule has 0 saturated carbocycles. The lowest BCUT2D eigenvalue weighted by Crippen LogP contribution is -2.30. The van der Waals surface area contributed by atoms with Crippen LogP contribution in [0, 0.1) is 0 Å². The van der Waals surface area contributed by atoms with Gasteiger partial charge in [0.15, 0.2) is 16.9 Å². The number of rotatable bonds is 8. The van der Waals surface area contributed by atoms with Crippen LogP contribution in [0.5, 0.6) is 0 Å². The van der Waals surface area contributed by atoms with Gasteiger partial charge < -0.3 is 15.4 Å². The molecule has 0 radical (unpaired) electrons. The average molecular weight is 461 g/mol. The second-order valence-electron chi connectivity index (χ2n) is 6.48. The van der Waals surface area contributed by atoms with Gasteiger partial charge in [-0.2, -0.15) is 0 Å². The van der Waals surface area contributed by atoms with Crippen LogP contribution in [0.1, 0.15) is 23.0 Å². The number of hydrogen-bond acceptors (Lipinski definition) is 8. The minimum absolute atomic E-state index is 0.0785. The molecule has 0 aliphatic carbocycles. The summed E-state index contributed by atoms with van der Waals surface area (Å²) in [6, 6.07) is 15.0. The number of nitrogens with one attached hydrogen (secondary N) is 2. The highest BCUT2D eigenvalue weighted by Gasteiger charge is 2.21. The number of thiazole rings is 1. The van der Waals surface area contributed by atoms with Crippen molar-refractivity contribution in [3.05, 3.63) is 71.2 Å². The zero-order valence-electron chi connectivity index (χ0n) is 16.4. The van der Waals surface area contributed by atoms with Gasteiger partial charge in [0.25, 0.3) is 5.91 Å². The van der Waals surface area contributed by atoms with Gasteiger partial charge in [0.2, 0.25) is 10.0 Å². The molecule has 1 aromatic heterocycles. The molecule has 162 valence electrons. The normalized spacial score (nSPS) is 12.1. The monoisotopic (exact) mass is 460 g/mol. The smallest absolute Gasteiger partial charge is 0.358 e. The minimum Gasteiger partial charge on any atom is -0.448 e. The Morgan fingerprint density at radius 1 is 1.13 bits per heavy atom. The lowest BCUT2D eigenvalue weighted by Gasteiger charge is -2.13. The summed E-state index contributed by atoms with van der Waals surface area (Å²) >= 11 is 1.26. The molecule has 3 rings (SSSR count). The van der Waals surface area contributed by atoms with Crippen LogP contribution in [-0.4, -0.2) is 31.4 Å². The van der Waals surface area contributed by atoms with E-state index in [0.29, 0.717) is 17.4 Å². The van der Waals surface area contributed by atoms with E-state index in [-0.39, 0.29) is 10.6 Å². The molecule has 11 heteroatoms. The van der Waals surface area contributed by atoms with Crippen LogP contribution in [0.4, 0.5) is 10.8 Å². The number of esters is 1. The standard InChI is InChI=1S/C20H20N4O5S2/c1-13(18(25)23-15-7-9-16(10-8-15)31(21,27)28)29-19(26)17-12-30-20(24-17)22-11-14-5-3-2-4-6-14/h2-10,12-13H,11H2,1H3,(H,22,24)(H,23,25)(H2,21,27,28). The number of primary sulfonamides is 1. The van der Waals surface area contributed by atoms with Crippen molar-refractivity contribution in [1.82, 2.24) is 4.98 Å². The van der Waals surface area contributed by atoms with Crippen LogP contribution >= 0.6 is 11.3 Å². The van der Waals surface area contributed by atoms with Crippen LogP contribution in [0.25, 0.3) is 0 Å². The summed E-state index contributed by atoms with van der Waals surface area (Å²) in [5.41, 5.74) is 1.50. The first kappa shape index (κ1) is 22.4. The number of amides is 1. The van der Waals surface area contributed by atoms with Gasteiger partial charge in [0, 0.05) is 17.6 Å². The van der Waals surface area contributed by atoms with E-state index in [0.717, 1.165) is 5.56 Å². The molecule has 0 spiro atoms. The predicted octanol–water partition coefficient (Wildman–Crippen LogP) is 2.59. The third-order valence-corrected chi connectivity index (χ3v) is 5.83. The number of benzene rings is 2. The van der Waals surface area contributed by atoms with Crippen molar-refractivity contribution in [2.45, 2.75) is 24.5 Å². The summed E-state index contributed by atoms with van der Waals surface area (Å²) in [7, 11) is -3.82. The molecule has 1 unspecified atom stereocenters. The zero-order chi connectivity index (χ0) is 22.4. The number of anilines is 2. The number of nitrogens with zero attached hydrogens (tertiary/aromatic N) is 1. The largest absolute Gasteiger partial charge is 0.448 e. The third kappa shape index (κ3) is 6.35. The highest BCUT2D eigenvalue weighted by molar-refractivity contribution is 7.89. The molecular weight excluding hydrogens is 440 g/mol. The first-order valence-electron chi connectivity index (χ1n) is 9.10. The van der Waals surface area contributed by atoms with E-state index in [9.17, 15) is 18.0 Å². The van der Waals surface area contributed by atoms with Gasteiger partial charge in [0.1, 0.15) is 0 Å². The zero-order valence-corrected chi connectivity index (χ0v) is 18.1. The van der Waals surface area contributed by atoms with Crippen molar-refractivity contribution in [2.24, 2.45) is 5.14 Å². The summed E-state index contributed by atoms with van der Waals surface area (Å²) in [5.74, 6) is -1.30. The molecule has 1 heterocycles. The number of carbonyl (C=O) groups is 2. The van der Waals surface area contributed by atoms with Gasteiger partial charge in [0.05, 0.1) is 4.90 Å². The Kier molecular flexibility index (Phi) is 7.00. The minimum atomic E-state index is -3.82. The predicted molar refractivity (Wildman–Crippen MR) is 117 cm³/mol. The Hall–Kier alpha value is -3.28. The summed E-state index contributed by atoms with van der Waals surface area (Å²) in [4.78, 5) is 28.7. The molecule has 0 fully saturated rings. The summed E-state index contributed by atoms with van der Waals surface area (Å²) in [6.07, 6.45) is -1.09. The van der Waals surface area contributed by atoms with Gasteiger partial charge in [-0.1, -0.05) is 30.3 Å². The Morgan fingerprint density at radius 3 is 2.45 bits per heavy atom. The lowest BCUT2D eigenvalue weighted by atomic mass is 10.2. The molecule has 4 N–H and O–H groups in total. The summed E-state index contributed by atoms with van der Waals surface area (Å²) in [6.45, 7) is 1.98. The maximum atomic E-state index is 12.3. The Bertz CT molecular complexity index is 1160. The Balaban J connectivity index is 1.52. The maximum Gasteiger partial charge on any atom is 0.358 e. The number of carbonyl (C=O) groups excluding carboxylic acids is 2. The van der Waals surface area contributed by atoms with Crippen LogP contribution < -0.4 is 15.8 Å². The fourth-order valence-electron chi connectivity index (χ4n) is 2.47. The topological polar surface area (TPSA) is 140 Å². The number of ether oxygens (including phenoxy) is 1. The molecule has 0 bridgehead atoms. The summed E-state index contributed by atoms with van der Waals surface area (Å²) in [5, 5.41) is 12.8. The highest BCUT2D eigenvalue weighted by Crippen LogP contribution is 2.18. The number of sulfonamides is 1. The molecular formula is C20H20N4O5S2. The Morgan fingerprint density at radius 2 is 1.81 bits per heavy atom. The van der Waals surface area contributed by atoms with Gasteiger partial charge in [-0.15, -0.1) is 11.3 Å². The Labute approximate surface area is 183 Å². The van der Waals surface area contributed by atoms with E-state index in [2.05, 4.69) is 15.6 Å². The van der Waals surface area contributed by atoms with E-state index >= 15 is 0 Å². The van der Waals surface area contributed by atoms with E-state index in [1.165, 1.54) is 42.5 Å². The molecule has 31 heavy (non-hydrogen) atoms. The maximum absolute atomic E-state index is 12.3. The fraction of sp³-hybridized carbons (Fsp3) is 0.150. The molecule has 0 aliphatic rings. The van der Waals surface area contributed by atoms with Gasteiger partial charge in [-0.05, 0) is 36.8 Å². The highest BCUT2D eigenvalue weighted by atomic mass is 32.2. The van der Waals surface area contributed by atoms with Crippen LogP contribution in [0.15, 0.2) is 64.9 Å². The van der Waals surface area contributed by atoms with Crippen molar-refractivity contribution < 1.29 is 22.7 Å². The fourth-order valence-corrected chi connectivity index (χ4v) is 3.66. The molecule has 2 aromatic carbocycles. The van der Waals surface area contributed by atoms with E-state index in [1.54, 1.807) is 5.38 Å². The van der Waals surface area contributed by atoms with Crippen LogP contribution in [-0.2, 0) is 26.1 Å². The van der Waals surface area contributed by atoms with Crippen molar-refractivity contribution in [2.75, 3.05) is 10.6 Å². The number of hydrogen-bond donors (Lipinski definition) is 3. The van der Waals surface area contributed by atoms with Crippen LogP contribution in [0.3, 0.4) is 0 Å². The van der Waals surface area contributed by atoms with E-state index in [1.807, 2.05) is 30.3 Å². The quantitative estimate of drug-likeness (QED) is 0.439. The lowest BCUT2D eigenvalue weighted by molar-refractivity contribution is -0.123. The van der Waals surface area contributed by atoms with Crippen molar-refractivity contribution in [3.8, 4) is 0 Å². The second kappa shape index (κ2) is 9.69. The average Bonchev–Trinajstić information content (AvgIpc) is 3.22. The van der Waals surface area contributed by atoms with Gasteiger partial charge >= 0.3 is 5.97 Å². The van der Waals surface area contributed by atoms with Gasteiger partial charge in [-0.3, -0.25) is 4.79 Å². The number of aromatic nitrogens is 1. The van der Waals surface area contributed by atoms with E-state index < -0.39 is 28.0 Å².